The van der Waals surface area contributed by atoms with Gasteiger partial charge in [0.25, 0.3) is 5.91 Å². The molecule has 9 rings (SSSR count). The van der Waals surface area contributed by atoms with E-state index < -0.39 is 6.04 Å². The van der Waals surface area contributed by atoms with Gasteiger partial charge in [-0.15, -0.1) is 0 Å². The van der Waals surface area contributed by atoms with Crippen molar-refractivity contribution in [3.63, 3.8) is 0 Å². The lowest BCUT2D eigenvalue weighted by Gasteiger charge is -2.40. The van der Waals surface area contributed by atoms with E-state index in [9.17, 15) is 19.5 Å². The van der Waals surface area contributed by atoms with E-state index in [0.717, 1.165) is 99.9 Å². The molecule has 2 aliphatic carbocycles. The number of hydrogen-bond acceptors (Lipinski definition) is 7. The lowest BCUT2D eigenvalue weighted by atomic mass is 9.70. The van der Waals surface area contributed by atoms with E-state index >= 15 is 4.39 Å². The summed E-state index contributed by atoms with van der Waals surface area (Å²) in [6.45, 7) is 6.94. The van der Waals surface area contributed by atoms with Gasteiger partial charge in [-0.2, -0.15) is 0 Å². The van der Waals surface area contributed by atoms with Gasteiger partial charge in [0.05, 0.1) is 5.69 Å². The molecule has 3 amide bonds. The standard InChI is InChI=1S/C42H48FN5O4/c43-36-23-29(40-33(27-1-2-27)7-3-28-22-32(49)6-9-34(28)40)4-10-37(36)47-15-13-26(14-16-47)24-45-17-19-46(20-18-45)31-5-8-35-30(21-31)25-48(42(35)52)38-11-12-39(50)44-41(38)51/h4-6,8-10,21-23,26-27,33,38,40,49H,1-3,7,11-20,24-25H2,(H,44,50,51). The average molecular weight is 706 g/mol. The molecule has 4 fully saturated rings. The summed E-state index contributed by atoms with van der Waals surface area (Å²) in [6.07, 6.45) is 7.34. The summed E-state index contributed by atoms with van der Waals surface area (Å²) in [5, 5.41) is 12.5. The number of nitrogens with zero attached hydrogens (tertiary/aromatic N) is 4. The minimum Gasteiger partial charge on any atom is -0.508 e. The highest BCUT2D eigenvalue weighted by atomic mass is 19.1. The number of carbonyl (C=O) groups excluding carboxylic acids is 3. The van der Waals surface area contributed by atoms with Crippen LogP contribution in [0.25, 0.3) is 0 Å². The molecule has 6 aliphatic rings. The number of rotatable bonds is 7. The molecular weight excluding hydrogens is 657 g/mol. The number of phenols is 1. The summed E-state index contributed by atoms with van der Waals surface area (Å²) < 4.78 is 15.9. The van der Waals surface area contributed by atoms with Crippen molar-refractivity contribution in [1.82, 2.24) is 15.1 Å². The Morgan fingerprint density at radius 1 is 0.769 bits per heavy atom. The predicted octanol–water partition coefficient (Wildman–Crippen LogP) is 5.44. The van der Waals surface area contributed by atoms with Crippen LogP contribution < -0.4 is 15.1 Å². The first-order valence-corrected chi connectivity index (χ1v) is 19.4. The quantitative estimate of drug-likeness (QED) is 0.317. The van der Waals surface area contributed by atoms with Crippen LogP contribution in [0.2, 0.25) is 0 Å². The summed E-state index contributed by atoms with van der Waals surface area (Å²) in [7, 11) is 0. The maximum atomic E-state index is 15.9. The van der Waals surface area contributed by atoms with Crippen LogP contribution in [0.1, 0.15) is 83.5 Å². The van der Waals surface area contributed by atoms with Gasteiger partial charge in [-0.1, -0.05) is 12.1 Å². The van der Waals surface area contributed by atoms with Gasteiger partial charge in [-0.25, -0.2) is 4.39 Å². The Labute approximate surface area is 304 Å². The summed E-state index contributed by atoms with van der Waals surface area (Å²) >= 11 is 0. The number of phenolic OH excluding ortho intramolecular Hbond substituents is 1. The number of amides is 3. The SMILES string of the molecule is O=C1CCC(N2Cc3cc(N4CCN(CC5CCN(c6ccc(C7c8ccc(O)cc8CCC7C7CC7)cc6F)CC5)CC4)ccc3C2=O)C(=O)N1. The number of benzene rings is 3. The van der Waals surface area contributed by atoms with Gasteiger partial charge < -0.3 is 19.8 Å². The second kappa shape index (κ2) is 13.5. The molecule has 1 saturated carbocycles. The van der Waals surface area contributed by atoms with E-state index in [0.29, 0.717) is 36.1 Å². The number of hydrogen-bond donors (Lipinski definition) is 2. The zero-order valence-electron chi connectivity index (χ0n) is 29.7. The third kappa shape index (κ3) is 6.33. The van der Waals surface area contributed by atoms with Crippen LogP contribution in [-0.2, 0) is 22.6 Å². The van der Waals surface area contributed by atoms with Gasteiger partial charge in [-0.05, 0) is 127 Å². The number of aryl methyl sites for hydroxylation is 1. The molecule has 3 atom stereocenters. The van der Waals surface area contributed by atoms with Crippen LogP contribution in [0.3, 0.4) is 0 Å². The summed E-state index contributed by atoms with van der Waals surface area (Å²) in [5.74, 6) is 1.44. The smallest absolute Gasteiger partial charge is 0.255 e. The van der Waals surface area contributed by atoms with Crippen LogP contribution in [0.5, 0.6) is 5.75 Å². The second-order valence-electron chi connectivity index (χ2n) is 16.1. The van der Waals surface area contributed by atoms with E-state index in [2.05, 4.69) is 38.2 Å². The maximum Gasteiger partial charge on any atom is 0.255 e. The zero-order valence-corrected chi connectivity index (χ0v) is 29.7. The normalized spacial score (nSPS) is 25.7. The molecule has 2 N–H and O–H groups in total. The Balaban J connectivity index is 0.779. The first kappa shape index (κ1) is 33.4. The highest BCUT2D eigenvalue weighted by Gasteiger charge is 2.42. The molecule has 52 heavy (non-hydrogen) atoms. The van der Waals surface area contributed by atoms with Crippen molar-refractivity contribution in [2.45, 2.75) is 69.9 Å². The van der Waals surface area contributed by atoms with Gasteiger partial charge in [0.1, 0.15) is 17.6 Å². The van der Waals surface area contributed by atoms with Crippen molar-refractivity contribution in [2.24, 2.45) is 17.8 Å². The molecule has 3 aromatic rings. The lowest BCUT2D eigenvalue weighted by molar-refractivity contribution is -0.136. The number of aromatic hydroxyl groups is 1. The van der Waals surface area contributed by atoms with Gasteiger partial charge in [0.2, 0.25) is 11.8 Å². The van der Waals surface area contributed by atoms with E-state index in [1.807, 2.05) is 24.3 Å². The summed E-state index contributed by atoms with van der Waals surface area (Å²) in [5.41, 5.74) is 6.95. The Bertz CT molecular complexity index is 1900. The van der Waals surface area contributed by atoms with Crippen molar-refractivity contribution < 1.29 is 23.9 Å². The number of piperazine rings is 1. The third-order valence-corrected chi connectivity index (χ3v) is 12.9. The predicted molar refractivity (Wildman–Crippen MR) is 197 cm³/mol. The van der Waals surface area contributed by atoms with Gasteiger partial charge in [-0.3, -0.25) is 24.6 Å². The van der Waals surface area contributed by atoms with Crippen LogP contribution in [-0.4, -0.2) is 84.5 Å². The molecular formula is C42H48FN5O4. The monoisotopic (exact) mass is 705 g/mol. The average Bonchev–Trinajstić information content (AvgIpc) is 3.95. The second-order valence-corrected chi connectivity index (χ2v) is 16.1. The summed E-state index contributed by atoms with van der Waals surface area (Å²) in [4.78, 5) is 46.0. The topological polar surface area (TPSA) is 96.4 Å². The lowest BCUT2D eigenvalue weighted by Crippen LogP contribution is -2.52. The van der Waals surface area contributed by atoms with Crippen molar-refractivity contribution in [3.05, 3.63) is 88.2 Å². The van der Waals surface area contributed by atoms with Crippen LogP contribution in [0.4, 0.5) is 15.8 Å². The minimum atomic E-state index is -0.599. The molecule has 272 valence electrons. The van der Waals surface area contributed by atoms with Gasteiger partial charge in [0, 0.05) is 75.9 Å². The Morgan fingerprint density at radius 2 is 1.58 bits per heavy atom. The molecule has 9 nitrogen and oxygen atoms in total. The molecule has 0 aromatic heterocycles. The number of nitrogens with one attached hydrogen (secondary N) is 1. The number of fused-ring (bicyclic) bond motifs is 2. The Hall–Kier alpha value is -4.44. The van der Waals surface area contributed by atoms with Crippen LogP contribution in [0.15, 0.2) is 54.6 Å². The largest absolute Gasteiger partial charge is 0.508 e. The van der Waals surface area contributed by atoms with Crippen LogP contribution >= 0.6 is 0 Å². The highest BCUT2D eigenvalue weighted by Crippen LogP contribution is 2.52. The number of carbonyl (C=O) groups is 3. The number of halogens is 1. The first-order valence-electron chi connectivity index (χ1n) is 19.4. The number of piperidine rings is 2. The molecule has 3 saturated heterocycles. The molecule has 3 aromatic carbocycles. The molecule has 0 radical (unpaired) electrons. The van der Waals surface area contributed by atoms with E-state index in [1.54, 1.807) is 17.0 Å². The number of imide groups is 1. The maximum absolute atomic E-state index is 15.9. The Morgan fingerprint density at radius 3 is 2.33 bits per heavy atom. The van der Waals surface area contributed by atoms with E-state index in [1.165, 1.54) is 24.0 Å². The Kier molecular flexibility index (Phi) is 8.68. The molecule has 4 heterocycles. The first-order chi connectivity index (χ1) is 25.3. The molecule has 0 spiro atoms. The van der Waals surface area contributed by atoms with Gasteiger partial charge >= 0.3 is 0 Å². The molecule has 0 bridgehead atoms. The fraction of sp³-hybridized carbons (Fsp3) is 0.500. The van der Waals surface area contributed by atoms with Crippen LogP contribution in [0, 0.1) is 23.6 Å². The molecule has 3 unspecified atom stereocenters. The third-order valence-electron chi connectivity index (χ3n) is 12.9. The van der Waals surface area contributed by atoms with Crippen molar-refractivity contribution in [3.8, 4) is 5.75 Å². The fourth-order valence-electron chi connectivity index (χ4n) is 9.93. The number of anilines is 2. The highest BCUT2D eigenvalue weighted by molar-refractivity contribution is 6.05. The van der Waals surface area contributed by atoms with E-state index in [-0.39, 0.29) is 35.9 Å². The van der Waals surface area contributed by atoms with Crippen molar-refractivity contribution >= 4 is 29.1 Å². The van der Waals surface area contributed by atoms with Crippen molar-refractivity contribution in [2.75, 3.05) is 55.6 Å². The fourth-order valence-corrected chi connectivity index (χ4v) is 9.93. The van der Waals surface area contributed by atoms with E-state index in [4.69, 9.17) is 0 Å². The van der Waals surface area contributed by atoms with Gasteiger partial charge in [0.15, 0.2) is 0 Å². The molecule has 10 heteroatoms. The molecule has 4 aliphatic heterocycles. The van der Waals surface area contributed by atoms with Crippen molar-refractivity contribution in [1.29, 1.82) is 0 Å². The summed E-state index contributed by atoms with van der Waals surface area (Å²) in [6, 6.07) is 17.2. The zero-order chi connectivity index (χ0) is 35.5. The minimum absolute atomic E-state index is 0.118.